The van der Waals surface area contributed by atoms with Crippen LogP contribution in [0.25, 0.3) is 0 Å². The number of nitrogens with one attached hydrogen (secondary N) is 1. The van der Waals surface area contributed by atoms with Gasteiger partial charge in [0.05, 0.1) is 5.56 Å². The quantitative estimate of drug-likeness (QED) is 0.803. The van der Waals surface area contributed by atoms with Gasteiger partial charge < -0.3 is 10.4 Å². The third-order valence-electron chi connectivity index (χ3n) is 3.03. The zero-order valence-corrected chi connectivity index (χ0v) is 11.1. The number of benzene rings is 2. The highest BCUT2D eigenvalue weighted by Crippen LogP contribution is 2.33. The van der Waals surface area contributed by atoms with Gasteiger partial charge in [0.15, 0.2) is 0 Å². The largest absolute Gasteiger partial charge is 0.508 e. The molecule has 0 saturated heterocycles. The van der Waals surface area contributed by atoms with E-state index in [-0.39, 0.29) is 17.5 Å². The molecular weight excluding hydrogens is 286 g/mol. The van der Waals surface area contributed by atoms with E-state index >= 15 is 0 Å². The molecule has 6 heteroatoms. The second-order valence-corrected chi connectivity index (χ2v) is 4.65. The van der Waals surface area contributed by atoms with Crippen LogP contribution in [-0.2, 0) is 6.18 Å². The maximum Gasteiger partial charge on any atom is 0.419 e. The smallest absolute Gasteiger partial charge is 0.419 e. The van der Waals surface area contributed by atoms with Crippen LogP contribution in [0.5, 0.6) is 5.75 Å². The molecular formula is C15H13F4NO. The van der Waals surface area contributed by atoms with E-state index in [1.54, 1.807) is 19.1 Å². The first-order valence-corrected chi connectivity index (χ1v) is 6.19. The average Bonchev–Trinajstić information content (AvgIpc) is 2.39. The van der Waals surface area contributed by atoms with E-state index in [0.29, 0.717) is 5.56 Å². The molecule has 0 aliphatic heterocycles. The average molecular weight is 299 g/mol. The fourth-order valence-corrected chi connectivity index (χ4v) is 1.96. The third-order valence-corrected chi connectivity index (χ3v) is 3.03. The Morgan fingerprint density at radius 1 is 1.10 bits per heavy atom. The van der Waals surface area contributed by atoms with Crippen molar-refractivity contribution in [3.05, 3.63) is 59.4 Å². The van der Waals surface area contributed by atoms with Crippen LogP contribution in [0.3, 0.4) is 0 Å². The number of alkyl halides is 3. The van der Waals surface area contributed by atoms with Crippen LogP contribution in [0.4, 0.5) is 23.2 Å². The lowest BCUT2D eigenvalue weighted by Crippen LogP contribution is -2.11. The van der Waals surface area contributed by atoms with Crippen molar-refractivity contribution >= 4 is 5.69 Å². The molecule has 2 aromatic carbocycles. The van der Waals surface area contributed by atoms with Gasteiger partial charge in [-0.15, -0.1) is 0 Å². The van der Waals surface area contributed by atoms with Crippen molar-refractivity contribution in [2.45, 2.75) is 19.1 Å². The minimum atomic E-state index is -4.74. The number of rotatable bonds is 3. The Morgan fingerprint density at radius 3 is 2.43 bits per heavy atom. The van der Waals surface area contributed by atoms with Crippen LogP contribution in [0.15, 0.2) is 42.5 Å². The Morgan fingerprint density at radius 2 is 1.81 bits per heavy atom. The summed E-state index contributed by atoms with van der Waals surface area (Å²) in [5.41, 5.74) is -0.455. The summed E-state index contributed by atoms with van der Waals surface area (Å²) in [4.78, 5) is 0. The first-order chi connectivity index (χ1) is 9.77. The predicted octanol–water partition coefficient (Wildman–Crippen LogP) is 4.72. The molecule has 0 saturated carbocycles. The second-order valence-electron chi connectivity index (χ2n) is 4.65. The van der Waals surface area contributed by atoms with Crippen molar-refractivity contribution in [2.24, 2.45) is 0 Å². The van der Waals surface area contributed by atoms with Gasteiger partial charge >= 0.3 is 6.18 Å². The normalized spacial score (nSPS) is 13.0. The van der Waals surface area contributed by atoms with Crippen molar-refractivity contribution in [1.82, 2.24) is 0 Å². The molecule has 0 aliphatic rings. The van der Waals surface area contributed by atoms with Crippen molar-refractivity contribution in [1.29, 1.82) is 0 Å². The Labute approximate surface area is 119 Å². The summed E-state index contributed by atoms with van der Waals surface area (Å²) in [6, 6.07) is 8.77. The molecule has 0 radical (unpaired) electrons. The summed E-state index contributed by atoms with van der Waals surface area (Å²) in [5, 5.41) is 12.2. The molecule has 0 spiro atoms. The number of phenols is 1. The molecule has 2 rings (SSSR count). The van der Waals surface area contributed by atoms with Gasteiger partial charge in [0, 0.05) is 11.7 Å². The molecule has 0 heterocycles. The van der Waals surface area contributed by atoms with Crippen LogP contribution in [0.2, 0.25) is 0 Å². The van der Waals surface area contributed by atoms with Gasteiger partial charge in [-0.25, -0.2) is 4.39 Å². The van der Waals surface area contributed by atoms with Gasteiger partial charge in [0.2, 0.25) is 0 Å². The number of aromatic hydroxyl groups is 1. The van der Waals surface area contributed by atoms with Crippen molar-refractivity contribution in [3.8, 4) is 5.75 Å². The van der Waals surface area contributed by atoms with Gasteiger partial charge in [-0.1, -0.05) is 12.1 Å². The summed E-state index contributed by atoms with van der Waals surface area (Å²) >= 11 is 0. The summed E-state index contributed by atoms with van der Waals surface area (Å²) in [6.45, 7) is 1.73. The van der Waals surface area contributed by atoms with Crippen LogP contribution < -0.4 is 5.32 Å². The molecule has 0 amide bonds. The molecule has 0 aliphatic carbocycles. The first-order valence-electron chi connectivity index (χ1n) is 6.19. The zero-order chi connectivity index (χ0) is 15.6. The minimum absolute atomic E-state index is 0.0660. The van der Waals surface area contributed by atoms with E-state index in [2.05, 4.69) is 5.32 Å². The predicted molar refractivity (Wildman–Crippen MR) is 71.5 cm³/mol. The van der Waals surface area contributed by atoms with E-state index in [4.69, 9.17) is 0 Å². The molecule has 2 aromatic rings. The van der Waals surface area contributed by atoms with Crippen LogP contribution >= 0.6 is 0 Å². The number of anilines is 1. The maximum atomic E-state index is 13.2. The summed E-state index contributed by atoms with van der Waals surface area (Å²) in [7, 11) is 0. The van der Waals surface area contributed by atoms with E-state index in [9.17, 15) is 22.7 Å². The molecule has 1 atom stereocenters. The lowest BCUT2D eigenvalue weighted by molar-refractivity contribution is -0.139. The molecule has 2 N–H and O–H groups in total. The fraction of sp³-hybridized carbons (Fsp3) is 0.200. The summed E-state index contributed by atoms with van der Waals surface area (Å²) < 4.78 is 51.1. The Kier molecular flexibility index (Phi) is 4.06. The van der Waals surface area contributed by atoms with Gasteiger partial charge in [0.25, 0.3) is 0 Å². The lowest BCUT2D eigenvalue weighted by Gasteiger charge is -2.17. The molecule has 2 nitrogen and oxygen atoms in total. The van der Waals surface area contributed by atoms with E-state index < -0.39 is 17.6 Å². The number of hydrogen-bond donors (Lipinski definition) is 2. The molecule has 0 fully saturated rings. The summed E-state index contributed by atoms with van der Waals surface area (Å²) in [5.74, 6) is -1.24. The van der Waals surface area contributed by atoms with E-state index in [0.717, 1.165) is 12.1 Å². The van der Waals surface area contributed by atoms with Crippen molar-refractivity contribution in [3.63, 3.8) is 0 Å². The monoisotopic (exact) mass is 299 g/mol. The number of phenolic OH excluding ortho intramolecular Hbond substituents is 1. The van der Waals surface area contributed by atoms with Crippen LogP contribution in [0.1, 0.15) is 24.1 Å². The zero-order valence-electron chi connectivity index (χ0n) is 11.1. The topological polar surface area (TPSA) is 32.3 Å². The fourth-order valence-electron chi connectivity index (χ4n) is 1.96. The van der Waals surface area contributed by atoms with Gasteiger partial charge in [0.1, 0.15) is 11.6 Å². The van der Waals surface area contributed by atoms with Gasteiger partial charge in [-0.3, -0.25) is 0 Å². The van der Waals surface area contributed by atoms with E-state index in [1.807, 2.05) is 0 Å². The van der Waals surface area contributed by atoms with Gasteiger partial charge in [-0.2, -0.15) is 13.2 Å². The maximum absolute atomic E-state index is 13.2. The minimum Gasteiger partial charge on any atom is -0.508 e. The highest BCUT2D eigenvalue weighted by atomic mass is 19.4. The Balaban J connectivity index is 2.24. The Bertz CT molecular complexity index is 640. The highest BCUT2D eigenvalue weighted by molar-refractivity contribution is 5.49. The van der Waals surface area contributed by atoms with Crippen LogP contribution in [0, 0.1) is 5.82 Å². The van der Waals surface area contributed by atoms with Gasteiger partial charge in [-0.05, 0) is 42.8 Å². The standard InChI is InChI=1S/C15H13F4NO/c1-9(10-3-2-4-12(21)7-10)20-11-5-6-14(16)13(8-11)15(17,18)19/h2-9,20-21H,1H3. The molecule has 0 aromatic heterocycles. The third kappa shape index (κ3) is 3.65. The van der Waals surface area contributed by atoms with Crippen molar-refractivity contribution in [2.75, 3.05) is 5.32 Å². The first kappa shape index (κ1) is 15.2. The van der Waals surface area contributed by atoms with Crippen LogP contribution in [-0.4, -0.2) is 5.11 Å². The second kappa shape index (κ2) is 5.63. The SMILES string of the molecule is CC(Nc1ccc(F)c(C(F)(F)F)c1)c1cccc(O)c1. The highest BCUT2D eigenvalue weighted by Gasteiger charge is 2.34. The van der Waals surface area contributed by atoms with E-state index in [1.165, 1.54) is 18.2 Å². The van der Waals surface area contributed by atoms with Crippen molar-refractivity contribution < 1.29 is 22.7 Å². The molecule has 112 valence electrons. The number of halogens is 4. The Hall–Kier alpha value is -2.24. The number of hydrogen-bond acceptors (Lipinski definition) is 2. The lowest BCUT2D eigenvalue weighted by atomic mass is 10.1. The molecule has 0 bridgehead atoms. The molecule has 1 unspecified atom stereocenters. The molecule has 21 heavy (non-hydrogen) atoms. The summed E-state index contributed by atoms with van der Waals surface area (Å²) in [6.07, 6.45) is -4.74.